The highest BCUT2D eigenvalue weighted by Gasteiger charge is 2.29. The van der Waals surface area contributed by atoms with Crippen LogP contribution < -0.4 is 5.32 Å². The van der Waals surface area contributed by atoms with E-state index in [2.05, 4.69) is 5.32 Å². The minimum absolute atomic E-state index is 0.0514. The molecule has 2 amide bonds. The molecule has 0 bridgehead atoms. The van der Waals surface area contributed by atoms with Crippen LogP contribution in [0, 0.1) is 6.92 Å². The Morgan fingerprint density at radius 2 is 1.78 bits per heavy atom. The average molecular weight is 496 g/mol. The molecule has 0 saturated carbocycles. The van der Waals surface area contributed by atoms with Crippen molar-refractivity contribution in [3.63, 3.8) is 0 Å². The lowest BCUT2D eigenvalue weighted by atomic mass is 10.1. The van der Waals surface area contributed by atoms with Crippen LogP contribution in [0.1, 0.15) is 50.3 Å². The molecule has 0 unspecified atom stereocenters. The number of carbonyl (C=O) groups excluding carboxylic acids is 2. The van der Waals surface area contributed by atoms with Gasteiger partial charge in [-0.2, -0.15) is 0 Å². The number of amides is 2. The first kappa shape index (κ1) is 26.6. The summed E-state index contributed by atoms with van der Waals surface area (Å²) in [6.07, 6.45) is 1.39. The Kier molecular flexibility index (Phi) is 10.9. The molecule has 0 aromatic heterocycles. The molecule has 0 aliphatic heterocycles. The fraction of sp³-hybridized carbons (Fsp3) is 0.440. The fourth-order valence-corrected chi connectivity index (χ4v) is 4.48. The van der Waals surface area contributed by atoms with Crippen molar-refractivity contribution in [2.75, 3.05) is 5.75 Å². The minimum Gasteiger partial charge on any atom is -0.352 e. The largest absolute Gasteiger partial charge is 0.352 e. The Bertz CT molecular complexity index is 923. The van der Waals surface area contributed by atoms with Gasteiger partial charge in [-0.15, -0.1) is 11.8 Å². The zero-order valence-electron chi connectivity index (χ0n) is 19.2. The summed E-state index contributed by atoms with van der Waals surface area (Å²) in [4.78, 5) is 28.0. The average Bonchev–Trinajstić information content (AvgIpc) is 2.77. The number of rotatable bonds is 11. The van der Waals surface area contributed by atoms with Crippen molar-refractivity contribution in [2.45, 2.75) is 64.9 Å². The second-order valence-electron chi connectivity index (χ2n) is 7.93. The SMILES string of the molecule is CC[C@@H](C)NC(=O)[C@H](CC)N(Cc1ccccc1C)C(=O)CSCc1ccc(Cl)c(Cl)c1. The van der Waals surface area contributed by atoms with Gasteiger partial charge in [-0.1, -0.05) is 67.4 Å². The van der Waals surface area contributed by atoms with Gasteiger partial charge in [-0.25, -0.2) is 0 Å². The molecule has 0 aliphatic rings. The molecule has 4 nitrogen and oxygen atoms in total. The third kappa shape index (κ3) is 7.72. The first-order valence-corrected chi connectivity index (χ1v) is 12.8. The van der Waals surface area contributed by atoms with E-state index in [-0.39, 0.29) is 23.6 Å². The number of hydrogen-bond donors (Lipinski definition) is 1. The van der Waals surface area contributed by atoms with Crippen molar-refractivity contribution in [1.82, 2.24) is 10.2 Å². The van der Waals surface area contributed by atoms with E-state index in [9.17, 15) is 9.59 Å². The van der Waals surface area contributed by atoms with E-state index in [1.807, 2.05) is 64.1 Å². The second-order valence-corrected chi connectivity index (χ2v) is 9.73. The molecular weight excluding hydrogens is 463 g/mol. The lowest BCUT2D eigenvalue weighted by molar-refractivity contribution is -0.139. The molecule has 174 valence electrons. The molecule has 2 aromatic carbocycles. The topological polar surface area (TPSA) is 49.4 Å². The first-order chi connectivity index (χ1) is 15.3. The van der Waals surface area contributed by atoms with E-state index in [1.54, 1.807) is 11.0 Å². The highest BCUT2D eigenvalue weighted by molar-refractivity contribution is 7.99. The van der Waals surface area contributed by atoms with Gasteiger partial charge in [-0.05, 0) is 55.5 Å². The van der Waals surface area contributed by atoms with Gasteiger partial charge in [0.25, 0.3) is 0 Å². The standard InChI is InChI=1S/C25H32Cl2N2O2S/c1-5-18(4)28-25(31)23(6-2)29(14-20-10-8-7-9-17(20)3)24(30)16-32-15-19-11-12-21(26)22(27)13-19/h7-13,18,23H,5-6,14-16H2,1-4H3,(H,28,31)/t18-,23+/m1/s1. The normalized spacial score (nSPS) is 12.8. The summed E-state index contributed by atoms with van der Waals surface area (Å²) in [5, 5.41) is 4.06. The van der Waals surface area contributed by atoms with Gasteiger partial charge < -0.3 is 10.2 Å². The molecule has 0 radical (unpaired) electrons. The van der Waals surface area contributed by atoms with Crippen molar-refractivity contribution in [1.29, 1.82) is 0 Å². The first-order valence-electron chi connectivity index (χ1n) is 10.9. The Morgan fingerprint density at radius 1 is 1.06 bits per heavy atom. The van der Waals surface area contributed by atoms with Crippen LogP contribution in [0.3, 0.4) is 0 Å². The predicted octanol–water partition coefficient (Wildman–Crippen LogP) is 6.26. The van der Waals surface area contributed by atoms with Crippen molar-refractivity contribution in [3.8, 4) is 0 Å². The van der Waals surface area contributed by atoms with Crippen LogP contribution in [-0.2, 0) is 21.9 Å². The van der Waals surface area contributed by atoms with Crippen LogP contribution in [0.5, 0.6) is 0 Å². The number of carbonyl (C=O) groups is 2. The predicted molar refractivity (Wildman–Crippen MR) is 136 cm³/mol. The maximum atomic E-state index is 13.3. The number of benzene rings is 2. The van der Waals surface area contributed by atoms with Crippen molar-refractivity contribution >= 4 is 46.8 Å². The molecule has 2 aromatic rings. The smallest absolute Gasteiger partial charge is 0.243 e. The second kappa shape index (κ2) is 13.1. The van der Waals surface area contributed by atoms with Crippen molar-refractivity contribution in [2.24, 2.45) is 0 Å². The fourth-order valence-electron chi connectivity index (χ4n) is 3.30. The zero-order chi connectivity index (χ0) is 23.7. The van der Waals surface area contributed by atoms with Gasteiger partial charge in [0.1, 0.15) is 6.04 Å². The number of nitrogens with zero attached hydrogens (tertiary/aromatic N) is 1. The quantitative estimate of drug-likeness (QED) is 0.401. The summed E-state index contributed by atoms with van der Waals surface area (Å²) in [7, 11) is 0. The molecule has 0 spiro atoms. The van der Waals surface area contributed by atoms with Gasteiger partial charge in [0.05, 0.1) is 15.8 Å². The Labute approximate surface area is 206 Å². The third-order valence-electron chi connectivity index (χ3n) is 5.47. The number of nitrogens with one attached hydrogen (secondary N) is 1. The molecule has 32 heavy (non-hydrogen) atoms. The minimum atomic E-state index is -0.512. The lowest BCUT2D eigenvalue weighted by Crippen LogP contribution is -2.51. The maximum absolute atomic E-state index is 13.3. The number of thioether (sulfide) groups is 1. The highest BCUT2D eigenvalue weighted by atomic mass is 35.5. The molecule has 2 rings (SSSR count). The molecule has 2 atom stereocenters. The molecule has 0 aliphatic carbocycles. The Morgan fingerprint density at radius 3 is 2.41 bits per heavy atom. The summed E-state index contributed by atoms with van der Waals surface area (Å²) < 4.78 is 0. The van der Waals surface area contributed by atoms with Gasteiger partial charge in [0.15, 0.2) is 0 Å². The van der Waals surface area contributed by atoms with Gasteiger partial charge in [0, 0.05) is 18.3 Å². The number of halogens is 2. The van der Waals surface area contributed by atoms with E-state index in [0.717, 1.165) is 23.1 Å². The Hall–Kier alpha value is -1.69. The zero-order valence-corrected chi connectivity index (χ0v) is 21.5. The van der Waals surface area contributed by atoms with Crippen LogP contribution in [-0.4, -0.2) is 34.6 Å². The van der Waals surface area contributed by atoms with Crippen molar-refractivity contribution in [3.05, 3.63) is 69.2 Å². The van der Waals surface area contributed by atoms with E-state index >= 15 is 0 Å². The molecular formula is C25H32Cl2N2O2S. The van der Waals surface area contributed by atoms with Crippen LogP contribution in [0.25, 0.3) is 0 Å². The summed E-state index contributed by atoms with van der Waals surface area (Å²) >= 11 is 13.6. The van der Waals surface area contributed by atoms with Gasteiger partial charge in [0.2, 0.25) is 11.8 Å². The van der Waals surface area contributed by atoms with E-state index < -0.39 is 6.04 Å². The molecule has 1 N–H and O–H groups in total. The van der Waals surface area contributed by atoms with E-state index in [1.165, 1.54) is 11.8 Å². The summed E-state index contributed by atoms with van der Waals surface area (Å²) in [5.41, 5.74) is 3.15. The summed E-state index contributed by atoms with van der Waals surface area (Å²) in [5.74, 6) is 0.762. The number of hydrogen-bond acceptors (Lipinski definition) is 3. The summed E-state index contributed by atoms with van der Waals surface area (Å²) in [6.45, 7) is 8.39. The molecule has 7 heteroatoms. The lowest BCUT2D eigenvalue weighted by Gasteiger charge is -2.32. The molecule has 0 saturated heterocycles. The van der Waals surface area contributed by atoms with E-state index in [4.69, 9.17) is 23.2 Å². The monoisotopic (exact) mass is 494 g/mol. The number of aryl methyl sites for hydroxylation is 1. The van der Waals surface area contributed by atoms with E-state index in [0.29, 0.717) is 28.8 Å². The Balaban J connectivity index is 2.15. The van der Waals surface area contributed by atoms with Crippen LogP contribution in [0.4, 0.5) is 0 Å². The van der Waals surface area contributed by atoms with Crippen LogP contribution in [0.2, 0.25) is 10.0 Å². The van der Waals surface area contributed by atoms with Crippen LogP contribution in [0.15, 0.2) is 42.5 Å². The van der Waals surface area contributed by atoms with Crippen molar-refractivity contribution < 1.29 is 9.59 Å². The van der Waals surface area contributed by atoms with Gasteiger partial charge in [-0.3, -0.25) is 9.59 Å². The highest BCUT2D eigenvalue weighted by Crippen LogP contribution is 2.25. The van der Waals surface area contributed by atoms with Crippen LogP contribution >= 0.6 is 35.0 Å². The summed E-state index contributed by atoms with van der Waals surface area (Å²) in [6, 6.07) is 13.0. The van der Waals surface area contributed by atoms with Gasteiger partial charge >= 0.3 is 0 Å². The molecule has 0 fully saturated rings. The third-order valence-corrected chi connectivity index (χ3v) is 7.19. The molecule has 0 heterocycles. The maximum Gasteiger partial charge on any atom is 0.243 e.